The topological polar surface area (TPSA) is 51.7 Å². The molecule has 6 heteroatoms. The van der Waals surface area contributed by atoms with Crippen molar-refractivity contribution in [3.8, 4) is 0 Å². The first-order chi connectivity index (χ1) is 18.1. The van der Waals surface area contributed by atoms with Crippen LogP contribution in [0, 0.1) is 6.92 Å². The van der Waals surface area contributed by atoms with Crippen LogP contribution in [-0.2, 0) is 0 Å². The molecule has 0 saturated carbocycles. The van der Waals surface area contributed by atoms with E-state index < -0.39 is 0 Å². The zero-order valence-corrected chi connectivity index (χ0v) is 22.1. The highest BCUT2D eigenvalue weighted by Gasteiger charge is 2.25. The number of piperidine rings is 1. The number of nitrogens with zero attached hydrogens (tertiary/aromatic N) is 4. The van der Waals surface area contributed by atoms with Crippen LogP contribution >= 0.6 is 0 Å². The first kappa shape index (κ1) is 25.4. The van der Waals surface area contributed by atoms with Gasteiger partial charge in [0.05, 0.1) is 6.04 Å². The highest BCUT2D eigenvalue weighted by Crippen LogP contribution is 2.28. The van der Waals surface area contributed by atoms with Crippen molar-refractivity contribution in [2.24, 2.45) is 0 Å². The monoisotopic (exact) mass is 497 g/mol. The average molecular weight is 498 g/mol. The lowest BCUT2D eigenvalue weighted by Gasteiger charge is -2.36. The molecule has 5 rings (SSSR count). The molecular formula is C31H39N5O. The Morgan fingerprint density at radius 2 is 1.59 bits per heavy atom. The fourth-order valence-corrected chi connectivity index (χ4v) is 5.64. The van der Waals surface area contributed by atoms with E-state index in [1.54, 1.807) is 0 Å². The number of likely N-dealkylation sites (N-methyl/N-ethyl adjacent to an activating group) is 1. The third-order valence-electron chi connectivity index (χ3n) is 8.02. The minimum atomic E-state index is 0.156. The van der Waals surface area contributed by atoms with Gasteiger partial charge in [-0.2, -0.15) is 0 Å². The minimum Gasteiger partial charge on any atom is -0.371 e. The first-order valence-corrected chi connectivity index (χ1v) is 13.7. The number of anilines is 1. The van der Waals surface area contributed by atoms with Crippen LogP contribution in [0.1, 0.15) is 52.9 Å². The van der Waals surface area contributed by atoms with Gasteiger partial charge >= 0.3 is 0 Å². The van der Waals surface area contributed by atoms with E-state index in [0.29, 0.717) is 6.04 Å². The van der Waals surface area contributed by atoms with Gasteiger partial charge in [0.25, 0.3) is 5.91 Å². The summed E-state index contributed by atoms with van der Waals surface area (Å²) in [6.45, 7) is 11.0. The van der Waals surface area contributed by atoms with Gasteiger partial charge in [-0.3, -0.25) is 9.78 Å². The lowest BCUT2D eigenvalue weighted by atomic mass is 9.93. The Bertz CT molecular complexity index is 1150. The maximum absolute atomic E-state index is 13.0. The van der Waals surface area contributed by atoms with Crippen LogP contribution in [-0.4, -0.2) is 72.5 Å². The summed E-state index contributed by atoms with van der Waals surface area (Å²) in [5, 5.41) is 3.96. The lowest BCUT2D eigenvalue weighted by Crippen LogP contribution is -2.48. The molecule has 2 fully saturated rings. The van der Waals surface area contributed by atoms with Crippen molar-refractivity contribution in [1.29, 1.82) is 0 Å². The molecule has 194 valence electrons. The molecule has 6 nitrogen and oxygen atoms in total. The third kappa shape index (κ3) is 6.03. The molecule has 37 heavy (non-hydrogen) atoms. The number of nitrogens with one attached hydrogen (secondary N) is 1. The van der Waals surface area contributed by atoms with E-state index in [4.69, 9.17) is 0 Å². The van der Waals surface area contributed by atoms with Crippen LogP contribution in [0.4, 0.5) is 5.69 Å². The fourth-order valence-electron chi connectivity index (χ4n) is 5.64. The average Bonchev–Trinajstić information content (AvgIpc) is 2.97. The van der Waals surface area contributed by atoms with Gasteiger partial charge in [0.15, 0.2) is 0 Å². The molecule has 1 aromatic heterocycles. The van der Waals surface area contributed by atoms with Crippen LogP contribution in [0.2, 0.25) is 0 Å². The van der Waals surface area contributed by atoms with Gasteiger partial charge in [-0.05, 0) is 79.4 Å². The van der Waals surface area contributed by atoms with Gasteiger partial charge in [0.1, 0.15) is 0 Å². The van der Waals surface area contributed by atoms with Gasteiger partial charge in [-0.25, -0.2) is 0 Å². The molecule has 1 amide bonds. The predicted molar refractivity (Wildman–Crippen MR) is 150 cm³/mol. The van der Waals surface area contributed by atoms with E-state index in [9.17, 15) is 4.79 Å². The molecule has 1 atom stereocenters. The summed E-state index contributed by atoms with van der Waals surface area (Å²) < 4.78 is 0. The Hall–Kier alpha value is -3.22. The number of carbonyl (C=O) groups excluding carboxylic acids is 1. The summed E-state index contributed by atoms with van der Waals surface area (Å²) in [5.41, 5.74) is 5.88. The van der Waals surface area contributed by atoms with Gasteiger partial charge in [-0.15, -0.1) is 0 Å². The van der Waals surface area contributed by atoms with Crippen molar-refractivity contribution in [3.63, 3.8) is 0 Å². The maximum Gasteiger partial charge on any atom is 0.253 e. The molecule has 2 aromatic carbocycles. The quantitative estimate of drug-likeness (QED) is 0.520. The van der Waals surface area contributed by atoms with Crippen LogP contribution in [0.3, 0.4) is 0 Å². The zero-order valence-electron chi connectivity index (χ0n) is 22.1. The second kappa shape index (κ2) is 11.9. The molecule has 0 spiro atoms. The number of piperazine rings is 1. The van der Waals surface area contributed by atoms with Crippen LogP contribution in [0.25, 0.3) is 0 Å². The van der Waals surface area contributed by atoms with E-state index in [0.717, 1.165) is 64.2 Å². The maximum atomic E-state index is 13.0. The molecule has 2 aliphatic heterocycles. The first-order valence-electron chi connectivity index (χ1n) is 13.7. The van der Waals surface area contributed by atoms with Crippen LogP contribution < -0.4 is 10.2 Å². The Morgan fingerprint density at radius 1 is 0.919 bits per heavy atom. The van der Waals surface area contributed by atoms with E-state index >= 15 is 0 Å². The van der Waals surface area contributed by atoms with Crippen molar-refractivity contribution in [3.05, 3.63) is 95.3 Å². The smallest absolute Gasteiger partial charge is 0.253 e. The third-order valence-corrected chi connectivity index (χ3v) is 8.02. The van der Waals surface area contributed by atoms with Crippen LogP contribution in [0.5, 0.6) is 0 Å². The van der Waals surface area contributed by atoms with E-state index in [1.807, 2.05) is 29.4 Å². The zero-order chi connectivity index (χ0) is 25.6. The van der Waals surface area contributed by atoms with Gasteiger partial charge in [0.2, 0.25) is 0 Å². The summed E-state index contributed by atoms with van der Waals surface area (Å²) in [7, 11) is 0. The summed E-state index contributed by atoms with van der Waals surface area (Å²) in [4.78, 5) is 24.0. The molecule has 3 aromatic rings. The number of aryl methyl sites for hydroxylation is 1. The summed E-state index contributed by atoms with van der Waals surface area (Å²) in [6, 6.07) is 21.7. The SMILES string of the molecule is CCN1CCN(C(=O)c2ccc(N3CCC(N[C@@H](c4ccncc4)c4ccccc4C)CC3)cc2)CC1. The molecule has 2 aliphatic rings. The molecule has 0 radical (unpaired) electrons. The molecule has 0 unspecified atom stereocenters. The van der Waals surface area contributed by atoms with E-state index in [-0.39, 0.29) is 11.9 Å². The number of rotatable bonds is 7. The summed E-state index contributed by atoms with van der Waals surface area (Å²) in [6.07, 6.45) is 5.92. The molecule has 2 saturated heterocycles. The minimum absolute atomic E-state index is 0.156. The molecule has 0 bridgehead atoms. The lowest BCUT2D eigenvalue weighted by molar-refractivity contribution is 0.0643. The van der Waals surface area contributed by atoms with Crippen molar-refractivity contribution in [2.45, 2.75) is 38.8 Å². The Balaban J connectivity index is 1.19. The van der Waals surface area contributed by atoms with Crippen molar-refractivity contribution in [2.75, 3.05) is 50.7 Å². The van der Waals surface area contributed by atoms with Crippen LogP contribution in [0.15, 0.2) is 73.1 Å². The fraction of sp³-hybridized carbons (Fsp3) is 0.419. The van der Waals surface area contributed by atoms with E-state index in [2.05, 4.69) is 82.5 Å². The predicted octanol–water partition coefficient (Wildman–Crippen LogP) is 4.52. The number of hydrogen-bond acceptors (Lipinski definition) is 5. The molecular weight excluding hydrogens is 458 g/mol. The number of hydrogen-bond donors (Lipinski definition) is 1. The molecule has 0 aliphatic carbocycles. The standard InChI is InChI=1S/C31H39N5O/c1-3-34-20-22-36(23-21-34)31(37)26-8-10-28(11-9-26)35-18-14-27(15-19-35)33-30(25-12-16-32-17-13-25)29-7-5-4-6-24(29)2/h4-13,16-17,27,30,33H,3,14-15,18-23H2,1-2H3/t30-/m0/s1. The second-order valence-electron chi connectivity index (χ2n) is 10.3. The molecule has 3 heterocycles. The second-order valence-corrected chi connectivity index (χ2v) is 10.3. The summed E-state index contributed by atoms with van der Waals surface area (Å²) >= 11 is 0. The van der Waals surface area contributed by atoms with Crippen molar-refractivity contribution in [1.82, 2.24) is 20.1 Å². The van der Waals surface area contributed by atoms with Gasteiger partial charge < -0.3 is 20.0 Å². The van der Waals surface area contributed by atoms with E-state index in [1.165, 1.54) is 22.4 Å². The largest absolute Gasteiger partial charge is 0.371 e. The Kier molecular flexibility index (Phi) is 8.17. The van der Waals surface area contributed by atoms with Crippen molar-refractivity contribution >= 4 is 11.6 Å². The number of benzene rings is 2. The Labute approximate surface area is 221 Å². The molecule has 1 N–H and O–H groups in total. The number of amides is 1. The number of carbonyl (C=O) groups is 1. The van der Waals surface area contributed by atoms with Gasteiger partial charge in [-0.1, -0.05) is 31.2 Å². The number of aromatic nitrogens is 1. The number of pyridine rings is 1. The van der Waals surface area contributed by atoms with Gasteiger partial charge in [0, 0.05) is 69.0 Å². The van der Waals surface area contributed by atoms with Crippen molar-refractivity contribution < 1.29 is 4.79 Å². The normalized spacial score (nSPS) is 18.1. The summed E-state index contributed by atoms with van der Waals surface area (Å²) in [5.74, 6) is 0.156. The highest BCUT2D eigenvalue weighted by atomic mass is 16.2. The highest BCUT2D eigenvalue weighted by molar-refractivity contribution is 5.94. The Morgan fingerprint density at radius 3 is 2.24 bits per heavy atom.